The normalized spacial score (nSPS) is 10.7. The summed E-state index contributed by atoms with van der Waals surface area (Å²) in [7, 11) is 0. The van der Waals surface area contributed by atoms with Crippen molar-refractivity contribution in [3.63, 3.8) is 0 Å². The Labute approximate surface area is 164 Å². The Bertz CT molecular complexity index is 968. The molecule has 0 atom stereocenters. The second kappa shape index (κ2) is 8.35. The number of anilines is 1. The van der Waals surface area contributed by atoms with Crippen molar-refractivity contribution in [1.29, 1.82) is 0 Å². The van der Waals surface area contributed by atoms with Crippen LogP contribution in [0.15, 0.2) is 53.6 Å². The first kappa shape index (κ1) is 19.1. The lowest BCUT2D eigenvalue weighted by molar-refractivity contribution is -0.113. The number of aryl methyl sites for hydroxylation is 4. The first-order chi connectivity index (χ1) is 12.9. The molecular formula is C22H23N3OS. The van der Waals surface area contributed by atoms with Gasteiger partial charge in [0.2, 0.25) is 5.91 Å². The van der Waals surface area contributed by atoms with Crippen molar-refractivity contribution in [3.05, 3.63) is 70.8 Å². The number of benzene rings is 2. The van der Waals surface area contributed by atoms with Gasteiger partial charge in [-0.2, -0.15) is 0 Å². The van der Waals surface area contributed by atoms with Crippen LogP contribution in [0.1, 0.15) is 22.3 Å². The van der Waals surface area contributed by atoms with Crippen LogP contribution in [0.25, 0.3) is 11.3 Å². The summed E-state index contributed by atoms with van der Waals surface area (Å²) in [6, 6.07) is 16.1. The molecular weight excluding hydrogens is 354 g/mol. The monoisotopic (exact) mass is 377 g/mol. The van der Waals surface area contributed by atoms with Crippen LogP contribution in [0.4, 0.5) is 5.69 Å². The van der Waals surface area contributed by atoms with Gasteiger partial charge >= 0.3 is 0 Å². The summed E-state index contributed by atoms with van der Waals surface area (Å²) in [5.74, 6) is 0.248. The highest BCUT2D eigenvalue weighted by Gasteiger charge is 2.08. The molecule has 0 saturated carbocycles. The van der Waals surface area contributed by atoms with Crippen LogP contribution < -0.4 is 5.32 Å². The van der Waals surface area contributed by atoms with Gasteiger partial charge in [-0.3, -0.25) is 4.79 Å². The van der Waals surface area contributed by atoms with Gasteiger partial charge < -0.3 is 5.32 Å². The number of amides is 1. The maximum Gasteiger partial charge on any atom is 0.234 e. The van der Waals surface area contributed by atoms with Crippen LogP contribution in [-0.2, 0) is 4.79 Å². The molecule has 0 saturated heterocycles. The number of thioether (sulfide) groups is 1. The molecule has 0 radical (unpaired) electrons. The van der Waals surface area contributed by atoms with E-state index in [9.17, 15) is 4.79 Å². The molecule has 0 aliphatic carbocycles. The molecule has 1 aromatic heterocycles. The number of carbonyl (C=O) groups is 1. The van der Waals surface area contributed by atoms with Gasteiger partial charge in [-0.05, 0) is 57.0 Å². The van der Waals surface area contributed by atoms with Gasteiger partial charge in [0, 0.05) is 11.3 Å². The van der Waals surface area contributed by atoms with E-state index in [0.29, 0.717) is 5.75 Å². The highest BCUT2D eigenvalue weighted by molar-refractivity contribution is 7.99. The molecule has 0 fully saturated rings. The lowest BCUT2D eigenvalue weighted by Gasteiger charge is -2.09. The zero-order valence-electron chi connectivity index (χ0n) is 16.0. The van der Waals surface area contributed by atoms with E-state index in [0.717, 1.165) is 27.5 Å². The maximum atomic E-state index is 12.2. The van der Waals surface area contributed by atoms with Crippen LogP contribution in [0.5, 0.6) is 0 Å². The van der Waals surface area contributed by atoms with E-state index in [2.05, 4.69) is 53.6 Å². The molecule has 4 nitrogen and oxygen atoms in total. The molecule has 1 amide bonds. The first-order valence-corrected chi connectivity index (χ1v) is 9.82. The largest absolute Gasteiger partial charge is 0.325 e. The van der Waals surface area contributed by atoms with E-state index in [1.165, 1.54) is 28.5 Å². The SMILES string of the molecule is Cc1ccc(NC(=O)CSc2ccc(-c3ccc(C)cc3C)nn2)c(C)c1. The molecule has 5 heteroatoms. The van der Waals surface area contributed by atoms with Crippen molar-refractivity contribution in [2.75, 3.05) is 11.1 Å². The van der Waals surface area contributed by atoms with Crippen LogP contribution in [0, 0.1) is 27.7 Å². The summed E-state index contributed by atoms with van der Waals surface area (Å²) in [5.41, 5.74) is 7.42. The lowest BCUT2D eigenvalue weighted by atomic mass is 10.0. The number of hydrogen-bond donors (Lipinski definition) is 1. The average molecular weight is 378 g/mol. The van der Waals surface area contributed by atoms with Crippen molar-refractivity contribution >= 4 is 23.4 Å². The minimum absolute atomic E-state index is 0.0489. The van der Waals surface area contributed by atoms with E-state index >= 15 is 0 Å². The fraction of sp³-hybridized carbons (Fsp3) is 0.227. The predicted octanol–water partition coefficient (Wildman–Crippen LogP) is 5.11. The number of nitrogens with one attached hydrogen (secondary N) is 1. The highest BCUT2D eigenvalue weighted by atomic mass is 32.2. The van der Waals surface area contributed by atoms with Gasteiger partial charge in [-0.15, -0.1) is 10.2 Å². The fourth-order valence-electron chi connectivity index (χ4n) is 2.92. The van der Waals surface area contributed by atoms with E-state index in [-0.39, 0.29) is 5.91 Å². The number of rotatable bonds is 5. The average Bonchev–Trinajstić information content (AvgIpc) is 2.63. The third kappa shape index (κ3) is 4.95. The van der Waals surface area contributed by atoms with Gasteiger partial charge in [0.25, 0.3) is 0 Å². The molecule has 0 aliphatic rings. The van der Waals surface area contributed by atoms with Gasteiger partial charge in [-0.25, -0.2) is 0 Å². The van der Waals surface area contributed by atoms with Crippen LogP contribution in [-0.4, -0.2) is 21.9 Å². The molecule has 0 bridgehead atoms. The molecule has 3 aromatic rings. The zero-order valence-corrected chi connectivity index (χ0v) is 16.9. The second-order valence-corrected chi connectivity index (χ2v) is 7.73. The molecule has 1 heterocycles. The third-order valence-electron chi connectivity index (χ3n) is 4.31. The second-order valence-electron chi connectivity index (χ2n) is 6.73. The van der Waals surface area contributed by atoms with E-state index < -0.39 is 0 Å². The number of hydrogen-bond acceptors (Lipinski definition) is 4. The van der Waals surface area contributed by atoms with Gasteiger partial charge in [0.05, 0.1) is 11.4 Å². The van der Waals surface area contributed by atoms with Crippen molar-refractivity contribution < 1.29 is 4.79 Å². The Morgan fingerprint density at radius 2 is 1.59 bits per heavy atom. The van der Waals surface area contributed by atoms with Crippen molar-refractivity contribution in [2.45, 2.75) is 32.7 Å². The van der Waals surface area contributed by atoms with Crippen molar-refractivity contribution in [1.82, 2.24) is 10.2 Å². The number of aromatic nitrogens is 2. The Morgan fingerprint density at radius 1 is 0.889 bits per heavy atom. The topological polar surface area (TPSA) is 54.9 Å². The standard InChI is InChI=1S/C22H23N3OS/c1-14-5-7-18(16(3)11-14)20-9-10-22(25-24-20)27-13-21(26)23-19-8-6-15(2)12-17(19)4/h5-12H,13H2,1-4H3,(H,23,26). The van der Waals surface area contributed by atoms with E-state index in [1.807, 2.05) is 38.1 Å². The van der Waals surface area contributed by atoms with Crippen LogP contribution in [0.3, 0.4) is 0 Å². The summed E-state index contributed by atoms with van der Waals surface area (Å²) in [4.78, 5) is 12.2. The van der Waals surface area contributed by atoms with E-state index in [1.54, 1.807) is 0 Å². The summed E-state index contributed by atoms with van der Waals surface area (Å²) in [6.45, 7) is 8.18. The van der Waals surface area contributed by atoms with Crippen LogP contribution in [0.2, 0.25) is 0 Å². The summed E-state index contributed by atoms with van der Waals surface area (Å²) >= 11 is 1.38. The third-order valence-corrected chi connectivity index (χ3v) is 5.23. The Kier molecular flexibility index (Phi) is 5.91. The molecule has 1 N–H and O–H groups in total. The number of nitrogens with zero attached hydrogens (tertiary/aromatic N) is 2. The Balaban J connectivity index is 1.60. The quantitative estimate of drug-likeness (QED) is 0.628. The van der Waals surface area contributed by atoms with Crippen molar-refractivity contribution in [3.8, 4) is 11.3 Å². The van der Waals surface area contributed by atoms with Crippen molar-refractivity contribution in [2.24, 2.45) is 0 Å². The minimum Gasteiger partial charge on any atom is -0.325 e. The van der Waals surface area contributed by atoms with Gasteiger partial charge in [0.1, 0.15) is 5.03 Å². The highest BCUT2D eigenvalue weighted by Crippen LogP contribution is 2.24. The maximum absolute atomic E-state index is 12.2. The fourth-order valence-corrected chi connectivity index (χ4v) is 3.54. The predicted molar refractivity (Wildman–Crippen MR) is 112 cm³/mol. The molecule has 27 heavy (non-hydrogen) atoms. The van der Waals surface area contributed by atoms with Crippen LogP contribution >= 0.6 is 11.8 Å². The minimum atomic E-state index is -0.0489. The summed E-state index contributed by atoms with van der Waals surface area (Å²) in [6.07, 6.45) is 0. The Morgan fingerprint density at radius 3 is 2.22 bits per heavy atom. The van der Waals surface area contributed by atoms with E-state index in [4.69, 9.17) is 0 Å². The summed E-state index contributed by atoms with van der Waals surface area (Å²) in [5, 5.41) is 12.3. The van der Waals surface area contributed by atoms with Gasteiger partial charge in [0.15, 0.2) is 0 Å². The first-order valence-electron chi connectivity index (χ1n) is 8.83. The molecule has 138 valence electrons. The molecule has 2 aromatic carbocycles. The lowest BCUT2D eigenvalue weighted by Crippen LogP contribution is -2.15. The molecule has 3 rings (SSSR count). The molecule has 0 unspecified atom stereocenters. The summed E-state index contributed by atoms with van der Waals surface area (Å²) < 4.78 is 0. The molecule has 0 spiro atoms. The molecule has 0 aliphatic heterocycles. The zero-order chi connectivity index (χ0) is 19.4. The smallest absolute Gasteiger partial charge is 0.234 e. The number of carbonyl (C=O) groups excluding carboxylic acids is 1. The van der Waals surface area contributed by atoms with Gasteiger partial charge in [-0.1, -0.05) is 53.2 Å². The Hall–Kier alpha value is -2.66.